The van der Waals surface area contributed by atoms with Crippen molar-refractivity contribution in [1.82, 2.24) is 15.2 Å². The largest absolute Gasteiger partial charge is 0.490 e. The van der Waals surface area contributed by atoms with Crippen LogP contribution >= 0.6 is 15.9 Å². The number of alkyl halides is 3. The number of carbonyl (C=O) groups excluding carboxylic acids is 1. The van der Waals surface area contributed by atoms with Crippen LogP contribution in [0, 0.1) is 11.7 Å². The third-order valence-electron chi connectivity index (χ3n) is 5.11. The maximum absolute atomic E-state index is 13.4. The van der Waals surface area contributed by atoms with E-state index in [1.165, 1.54) is 18.2 Å². The van der Waals surface area contributed by atoms with Crippen molar-refractivity contribution in [2.24, 2.45) is 11.1 Å². The zero-order valence-electron chi connectivity index (χ0n) is 19.0. The Morgan fingerprint density at radius 1 is 1.22 bits per heavy atom. The monoisotopic (exact) mass is 582 g/mol. The predicted molar refractivity (Wildman–Crippen MR) is 122 cm³/mol. The highest BCUT2D eigenvalue weighted by atomic mass is 79.9. The Labute approximate surface area is 210 Å². The van der Waals surface area contributed by atoms with Gasteiger partial charge in [0.2, 0.25) is 17.6 Å². The number of hydrogen-bond acceptors (Lipinski definition) is 8. The van der Waals surface area contributed by atoms with Crippen molar-refractivity contribution in [2.45, 2.75) is 38.9 Å². The van der Waals surface area contributed by atoms with Gasteiger partial charge in [0, 0.05) is 17.6 Å². The first-order valence-electron chi connectivity index (χ1n) is 10.5. The van der Waals surface area contributed by atoms with Crippen molar-refractivity contribution in [2.75, 3.05) is 23.7 Å². The lowest BCUT2D eigenvalue weighted by atomic mass is 9.95. The summed E-state index contributed by atoms with van der Waals surface area (Å²) >= 11 is 3.09. The molecule has 0 spiro atoms. The first-order chi connectivity index (χ1) is 16.8. The number of likely N-dealkylation sites (tertiary alicyclic amines) is 1. The summed E-state index contributed by atoms with van der Waals surface area (Å²) in [5, 5.41) is 32.6. The Balaban J connectivity index is 0.000000572. The molecule has 1 amide bonds. The third-order valence-corrected chi connectivity index (χ3v) is 5.72. The van der Waals surface area contributed by atoms with Crippen molar-refractivity contribution in [3.05, 3.63) is 34.2 Å². The van der Waals surface area contributed by atoms with Crippen LogP contribution in [0.5, 0.6) is 0 Å². The fourth-order valence-corrected chi connectivity index (χ4v) is 3.54. The van der Waals surface area contributed by atoms with Gasteiger partial charge in [-0.25, -0.2) is 13.8 Å². The number of aromatic nitrogens is 2. The number of oxime groups is 1. The highest BCUT2D eigenvalue weighted by Gasteiger charge is 2.38. The van der Waals surface area contributed by atoms with Crippen LogP contribution in [0.4, 0.5) is 29.1 Å². The van der Waals surface area contributed by atoms with E-state index in [0.717, 1.165) is 25.9 Å². The van der Waals surface area contributed by atoms with Crippen molar-refractivity contribution in [3.8, 4) is 0 Å². The molecular formula is C20H23BrF4N6O5. The van der Waals surface area contributed by atoms with Crippen LogP contribution in [0.1, 0.15) is 32.4 Å². The molecule has 1 aromatic carbocycles. The van der Waals surface area contributed by atoms with Crippen LogP contribution < -0.4 is 10.6 Å². The smallest absolute Gasteiger partial charge is 0.475 e. The molecule has 0 saturated carbocycles. The van der Waals surface area contributed by atoms with E-state index < -0.39 is 18.0 Å². The number of carbonyl (C=O) groups is 2. The van der Waals surface area contributed by atoms with Crippen molar-refractivity contribution in [1.29, 1.82) is 0 Å². The van der Waals surface area contributed by atoms with E-state index in [1.807, 2.05) is 0 Å². The maximum Gasteiger partial charge on any atom is 0.490 e. The number of piperidine rings is 1. The van der Waals surface area contributed by atoms with Gasteiger partial charge >= 0.3 is 12.1 Å². The fraction of sp³-hybridized carbons (Fsp3) is 0.450. The van der Waals surface area contributed by atoms with Gasteiger partial charge in [0.1, 0.15) is 5.82 Å². The number of nitrogens with zero attached hydrogens (tertiary/aromatic N) is 4. The SMILES string of the molecule is CC(C)N1CCC(C(=O)Nc2nonc2/C(=N\O)Nc2ccc(F)c(Br)c2)CC1.O=C(O)C(F)(F)F. The maximum atomic E-state index is 13.4. The molecule has 1 saturated heterocycles. The molecule has 36 heavy (non-hydrogen) atoms. The van der Waals surface area contributed by atoms with E-state index in [0.29, 0.717) is 11.7 Å². The van der Waals surface area contributed by atoms with Gasteiger partial charge in [0.15, 0.2) is 5.69 Å². The molecule has 0 radical (unpaired) electrons. The minimum atomic E-state index is -5.08. The summed E-state index contributed by atoms with van der Waals surface area (Å²) in [7, 11) is 0. The van der Waals surface area contributed by atoms with Crippen LogP contribution in [-0.2, 0) is 9.59 Å². The average Bonchev–Trinajstić information content (AvgIpc) is 3.27. The predicted octanol–water partition coefficient (Wildman–Crippen LogP) is 3.91. The molecule has 16 heteroatoms. The topological polar surface area (TPSA) is 153 Å². The van der Waals surface area contributed by atoms with Gasteiger partial charge in [-0.05, 0) is 84.2 Å². The minimum absolute atomic E-state index is 0.0286. The first-order valence-corrected chi connectivity index (χ1v) is 11.2. The van der Waals surface area contributed by atoms with E-state index >= 15 is 0 Å². The van der Waals surface area contributed by atoms with Crippen LogP contribution in [0.25, 0.3) is 0 Å². The molecule has 1 aliphatic rings. The van der Waals surface area contributed by atoms with Crippen molar-refractivity contribution >= 4 is 45.1 Å². The Morgan fingerprint density at radius 3 is 2.33 bits per heavy atom. The van der Waals surface area contributed by atoms with E-state index in [4.69, 9.17) is 14.5 Å². The lowest BCUT2D eigenvalue weighted by molar-refractivity contribution is -0.192. The lowest BCUT2D eigenvalue weighted by Crippen LogP contribution is -2.41. The molecule has 0 bridgehead atoms. The molecule has 3 rings (SSSR count). The van der Waals surface area contributed by atoms with E-state index in [1.54, 1.807) is 0 Å². The van der Waals surface area contributed by atoms with Crippen LogP contribution in [0.3, 0.4) is 0 Å². The Bertz CT molecular complexity index is 1090. The number of anilines is 2. The Morgan fingerprint density at radius 2 is 1.83 bits per heavy atom. The van der Waals surface area contributed by atoms with Gasteiger partial charge in [-0.2, -0.15) is 13.2 Å². The second-order valence-electron chi connectivity index (χ2n) is 7.86. The number of rotatable bonds is 5. The summed E-state index contributed by atoms with van der Waals surface area (Å²) in [6.07, 6.45) is -3.60. The summed E-state index contributed by atoms with van der Waals surface area (Å²) < 4.78 is 50.1. The highest BCUT2D eigenvalue weighted by Crippen LogP contribution is 2.23. The van der Waals surface area contributed by atoms with Crippen LogP contribution in [-0.4, -0.2) is 68.5 Å². The highest BCUT2D eigenvalue weighted by molar-refractivity contribution is 9.10. The number of carboxylic acid groups (broad SMARTS) is 1. The average molecular weight is 583 g/mol. The number of amidine groups is 1. The number of nitrogens with one attached hydrogen (secondary N) is 2. The summed E-state index contributed by atoms with van der Waals surface area (Å²) in [6, 6.07) is 4.62. The molecule has 11 nitrogen and oxygen atoms in total. The summed E-state index contributed by atoms with van der Waals surface area (Å²) in [5.74, 6) is -3.58. The van der Waals surface area contributed by atoms with Gasteiger partial charge in [0.25, 0.3) is 0 Å². The van der Waals surface area contributed by atoms with Gasteiger partial charge in [-0.3, -0.25) is 4.79 Å². The molecule has 2 aromatic rings. The molecule has 2 heterocycles. The number of benzene rings is 1. The van der Waals surface area contributed by atoms with Crippen molar-refractivity contribution < 1.29 is 42.1 Å². The lowest BCUT2D eigenvalue weighted by Gasteiger charge is -2.33. The van der Waals surface area contributed by atoms with E-state index in [9.17, 15) is 27.6 Å². The standard InChI is InChI=1S/C18H22BrFN6O3.C2HF3O2/c1-10(2)26-7-5-11(6-8-26)18(27)22-17-15(24-29-25-17)16(23-28)21-12-3-4-14(20)13(19)9-12;3-2(4,5)1(6)7/h3-4,9-11,28H,5-8H2,1-2H3,(H,21,23)(H,22,25,27);(H,6,7). The number of hydrogen-bond donors (Lipinski definition) is 4. The normalized spacial score (nSPS) is 15.3. The molecule has 0 aliphatic carbocycles. The fourth-order valence-electron chi connectivity index (χ4n) is 3.16. The second-order valence-corrected chi connectivity index (χ2v) is 8.71. The quantitative estimate of drug-likeness (QED) is 0.135. The second kappa shape index (κ2) is 12.6. The van der Waals surface area contributed by atoms with Gasteiger partial charge < -0.3 is 25.8 Å². The molecule has 1 aromatic heterocycles. The van der Waals surface area contributed by atoms with Gasteiger partial charge in [-0.15, -0.1) is 0 Å². The summed E-state index contributed by atoms with van der Waals surface area (Å²) in [5.41, 5.74) is 0.466. The zero-order chi connectivity index (χ0) is 27.0. The molecule has 0 atom stereocenters. The number of carboxylic acids is 1. The van der Waals surface area contributed by atoms with Crippen LogP contribution in [0.15, 0.2) is 32.5 Å². The molecular weight excluding hydrogens is 560 g/mol. The van der Waals surface area contributed by atoms with E-state index in [2.05, 4.69) is 60.8 Å². The number of halogens is 5. The first kappa shape index (κ1) is 29.0. The van der Waals surface area contributed by atoms with Gasteiger partial charge in [-0.1, -0.05) is 5.16 Å². The zero-order valence-corrected chi connectivity index (χ0v) is 20.6. The van der Waals surface area contributed by atoms with Crippen molar-refractivity contribution in [3.63, 3.8) is 0 Å². The molecule has 1 aliphatic heterocycles. The molecule has 1 fully saturated rings. The van der Waals surface area contributed by atoms with Crippen LogP contribution in [0.2, 0.25) is 0 Å². The molecule has 198 valence electrons. The van der Waals surface area contributed by atoms with E-state index in [-0.39, 0.29) is 33.6 Å². The summed E-state index contributed by atoms with van der Waals surface area (Å²) in [4.78, 5) is 23.9. The molecule has 4 N–H and O–H groups in total. The summed E-state index contributed by atoms with van der Waals surface area (Å²) in [6.45, 7) is 5.97. The minimum Gasteiger partial charge on any atom is -0.475 e. The Kier molecular flexibility index (Phi) is 10.2. The number of aliphatic carboxylic acids is 1. The molecule has 0 unspecified atom stereocenters. The Hall–Kier alpha value is -3.27. The third kappa shape index (κ3) is 8.15. The number of amides is 1. The van der Waals surface area contributed by atoms with Gasteiger partial charge in [0.05, 0.1) is 4.47 Å².